The molecule has 2 aromatic carbocycles. The second-order valence-corrected chi connectivity index (χ2v) is 7.87. The zero-order valence-electron chi connectivity index (χ0n) is 17.2. The lowest BCUT2D eigenvalue weighted by Crippen LogP contribution is -2.37. The monoisotopic (exact) mass is 409 g/mol. The highest BCUT2D eigenvalue weighted by molar-refractivity contribution is 5.92. The van der Waals surface area contributed by atoms with Crippen LogP contribution in [0.15, 0.2) is 54.7 Å². The molecule has 4 nitrogen and oxygen atoms in total. The van der Waals surface area contributed by atoms with Crippen LogP contribution in [0, 0.1) is 25.5 Å². The smallest absolute Gasteiger partial charge is 0.238 e. The molecule has 1 amide bonds. The van der Waals surface area contributed by atoms with Crippen LogP contribution in [0.5, 0.6) is 0 Å². The lowest BCUT2D eigenvalue weighted by molar-refractivity contribution is -0.117. The fraction of sp³-hybridized carbons (Fsp3) is 0.292. The Kier molecular flexibility index (Phi) is 5.68. The van der Waals surface area contributed by atoms with Crippen LogP contribution >= 0.6 is 0 Å². The van der Waals surface area contributed by atoms with Crippen LogP contribution < -0.4 is 5.32 Å². The van der Waals surface area contributed by atoms with Gasteiger partial charge in [-0.15, -0.1) is 0 Å². The van der Waals surface area contributed by atoms with Gasteiger partial charge in [0, 0.05) is 42.3 Å². The lowest BCUT2D eigenvalue weighted by atomic mass is 10.0. The summed E-state index contributed by atoms with van der Waals surface area (Å²) in [6, 6.07) is 12.8. The minimum absolute atomic E-state index is 0.111. The van der Waals surface area contributed by atoms with Crippen molar-refractivity contribution < 1.29 is 13.6 Å². The zero-order chi connectivity index (χ0) is 21.3. The molecule has 4 rings (SSSR count). The maximum atomic E-state index is 14.7. The number of anilines is 1. The largest absolute Gasteiger partial charge is 0.350 e. The van der Waals surface area contributed by atoms with Gasteiger partial charge in [-0.3, -0.25) is 9.69 Å². The molecule has 6 heteroatoms. The van der Waals surface area contributed by atoms with Gasteiger partial charge in [-0.2, -0.15) is 0 Å². The van der Waals surface area contributed by atoms with Crippen molar-refractivity contribution in [3.05, 3.63) is 88.7 Å². The summed E-state index contributed by atoms with van der Waals surface area (Å²) in [5.41, 5.74) is 4.28. The van der Waals surface area contributed by atoms with Gasteiger partial charge in [0.05, 0.1) is 12.6 Å². The Morgan fingerprint density at radius 2 is 1.90 bits per heavy atom. The van der Waals surface area contributed by atoms with Crippen molar-refractivity contribution in [3.8, 4) is 0 Å². The number of carbonyl (C=O) groups excluding carboxylic acids is 1. The second kappa shape index (κ2) is 8.40. The van der Waals surface area contributed by atoms with E-state index < -0.39 is 17.7 Å². The Morgan fingerprint density at radius 1 is 1.07 bits per heavy atom. The van der Waals surface area contributed by atoms with Gasteiger partial charge in [-0.1, -0.05) is 12.1 Å². The molecule has 1 N–H and O–H groups in total. The first-order valence-electron chi connectivity index (χ1n) is 10.1. The summed E-state index contributed by atoms with van der Waals surface area (Å²) in [6.45, 7) is 5.55. The van der Waals surface area contributed by atoms with Crippen molar-refractivity contribution in [2.24, 2.45) is 0 Å². The Morgan fingerprint density at radius 3 is 2.67 bits per heavy atom. The standard InChI is InChI=1S/C24H25F2N3O/c1-16-6-8-19(13-17(16)2)27-23(30)15-29-12-4-11-28-10-3-5-22(28)24(29)20-9-7-18(25)14-21(20)26/h3,5-10,13-14,24H,4,11-12,15H2,1-2H3,(H,27,30). The van der Waals surface area contributed by atoms with Gasteiger partial charge < -0.3 is 9.88 Å². The Balaban J connectivity index is 1.62. The molecule has 0 aliphatic carbocycles. The number of hydrogen-bond acceptors (Lipinski definition) is 2. The van der Waals surface area contributed by atoms with E-state index in [2.05, 4.69) is 9.88 Å². The molecular formula is C24H25F2N3O. The van der Waals surface area contributed by atoms with Gasteiger partial charge in [0.2, 0.25) is 5.91 Å². The van der Waals surface area contributed by atoms with E-state index in [1.54, 1.807) is 0 Å². The molecule has 0 fully saturated rings. The highest BCUT2D eigenvalue weighted by atomic mass is 19.1. The maximum absolute atomic E-state index is 14.7. The highest BCUT2D eigenvalue weighted by Gasteiger charge is 2.30. The van der Waals surface area contributed by atoms with Gasteiger partial charge in [-0.05, 0) is 61.7 Å². The molecule has 1 aliphatic heterocycles. The first kappa shape index (κ1) is 20.3. The molecule has 3 aromatic rings. The molecule has 156 valence electrons. The van der Waals surface area contributed by atoms with Crippen LogP contribution in [0.3, 0.4) is 0 Å². The van der Waals surface area contributed by atoms with E-state index in [4.69, 9.17) is 0 Å². The van der Waals surface area contributed by atoms with Gasteiger partial charge in [-0.25, -0.2) is 8.78 Å². The van der Waals surface area contributed by atoms with Crippen LogP contribution in [0.2, 0.25) is 0 Å². The molecule has 1 aliphatic rings. The average molecular weight is 409 g/mol. The summed E-state index contributed by atoms with van der Waals surface area (Å²) in [6.07, 6.45) is 2.79. The van der Waals surface area contributed by atoms with Gasteiger partial charge >= 0.3 is 0 Å². The summed E-state index contributed by atoms with van der Waals surface area (Å²) in [5, 5.41) is 2.95. The number of fused-ring (bicyclic) bond motifs is 1. The number of hydrogen-bond donors (Lipinski definition) is 1. The van der Waals surface area contributed by atoms with Crippen LogP contribution in [0.25, 0.3) is 0 Å². The third-order valence-corrected chi connectivity index (χ3v) is 5.75. The summed E-state index contributed by atoms with van der Waals surface area (Å²) < 4.78 is 30.3. The van der Waals surface area contributed by atoms with Crippen molar-refractivity contribution in [2.45, 2.75) is 32.9 Å². The first-order valence-corrected chi connectivity index (χ1v) is 10.1. The Hall–Kier alpha value is -2.99. The topological polar surface area (TPSA) is 37.3 Å². The summed E-state index contributed by atoms with van der Waals surface area (Å²) in [7, 11) is 0. The molecule has 2 heterocycles. The van der Waals surface area contributed by atoms with Crippen LogP contribution in [0.4, 0.5) is 14.5 Å². The minimum Gasteiger partial charge on any atom is -0.350 e. The molecule has 0 radical (unpaired) electrons. The SMILES string of the molecule is Cc1ccc(NC(=O)CN2CCCn3cccc3C2c2ccc(F)cc2F)cc1C. The third kappa shape index (κ3) is 4.14. The molecule has 30 heavy (non-hydrogen) atoms. The van der Waals surface area contributed by atoms with E-state index in [-0.39, 0.29) is 12.5 Å². The summed E-state index contributed by atoms with van der Waals surface area (Å²) >= 11 is 0. The highest BCUT2D eigenvalue weighted by Crippen LogP contribution is 2.33. The average Bonchev–Trinajstić information content (AvgIpc) is 3.08. The molecule has 1 aromatic heterocycles. The molecule has 1 atom stereocenters. The van der Waals surface area contributed by atoms with Crippen molar-refractivity contribution >= 4 is 11.6 Å². The normalized spacial score (nSPS) is 16.7. The fourth-order valence-corrected chi connectivity index (χ4v) is 4.09. The number of carbonyl (C=O) groups is 1. The quantitative estimate of drug-likeness (QED) is 0.671. The van der Waals surface area contributed by atoms with E-state index in [1.165, 1.54) is 12.1 Å². The predicted octanol–water partition coefficient (Wildman–Crippen LogP) is 4.82. The number of nitrogens with one attached hydrogen (secondary N) is 1. The number of nitrogens with zero attached hydrogens (tertiary/aromatic N) is 2. The number of aryl methyl sites for hydroxylation is 3. The van der Waals surface area contributed by atoms with E-state index in [0.29, 0.717) is 12.1 Å². The van der Waals surface area contributed by atoms with Crippen molar-refractivity contribution in [2.75, 3.05) is 18.4 Å². The van der Waals surface area contributed by atoms with Crippen molar-refractivity contribution in [1.29, 1.82) is 0 Å². The first-order chi connectivity index (χ1) is 14.4. The van der Waals surface area contributed by atoms with Crippen LogP contribution in [0.1, 0.15) is 34.8 Å². The molecule has 0 saturated heterocycles. The molecule has 1 unspecified atom stereocenters. The third-order valence-electron chi connectivity index (χ3n) is 5.75. The van der Waals surface area contributed by atoms with E-state index >= 15 is 0 Å². The van der Waals surface area contributed by atoms with E-state index in [1.807, 2.05) is 55.3 Å². The summed E-state index contributed by atoms with van der Waals surface area (Å²) in [4.78, 5) is 14.8. The number of aromatic nitrogens is 1. The molecule has 0 saturated carbocycles. The van der Waals surface area contributed by atoms with Gasteiger partial charge in [0.25, 0.3) is 0 Å². The number of amides is 1. The molecular weight excluding hydrogens is 384 g/mol. The van der Waals surface area contributed by atoms with Crippen molar-refractivity contribution in [1.82, 2.24) is 9.47 Å². The molecule has 0 bridgehead atoms. The van der Waals surface area contributed by atoms with Gasteiger partial charge in [0.1, 0.15) is 11.6 Å². The summed E-state index contributed by atoms with van der Waals surface area (Å²) in [5.74, 6) is -1.38. The minimum atomic E-state index is -0.612. The Bertz CT molecular complexity index is 1080. The van der Waals surface area contributed by atoms with E-state index in [9.17, 15) is 13.6 Å². The van der Waals surface area contributed by atoms with E-state index in [0.717, 1.165) is 41.5 Å². The van der Waals surface area contributed by atoms with Crippen molar-refractivity contribution in [3.63, 3.8) is 0 Å². The lowest BCUT2D eigenvalue weighted by Gasteiger charge is -2.30. The number of benzene rings is 2. The van der Waals surface area contributed by atoms with Gasteiger partial charge in [0.15, 0.2) is 0 Å². The maximum Gasteiger partial charge on any atom is 0.238 e. The zero-order valence-corrected chi connectivity index (χ0v) is 17.2. The Labute approximate surface area is 175 Å². The number of rotatable bonds is 4. The predicted molar refractivity (Wildman–Crippen MR) is 113 cm³/mol. The second-order valence-electron chi connectivity index (χ2n) is 7.87. The fourth-order valence-electron chi connectivity index (χ4n) is 4.09. The van der Waals surface area contributed by atoms with Crippen LogP contribution in [-0.4, -0.2) is 28.5 Å². The molecule has 0 spiro atoms. The number of halogens is 2. The van der Waals surface area contributed by atoms with Crippen LogP contribution in [-0.2, 0) is 11.3 Å².